The molecular weight excluding hydrogens is 275 g/mol. The van der Waals surface area contributed by atoms with Gasteiger partial charge >= 0.3 is 0 Å². The number of carbonyl (C=O) groups excluding carboxylic acids is 1. The Morgan fingerprint density at radius 1 is 1.10 bits per heavy atom. The third-order valence-corrected chi connectivity index (χ3v) is 2.84. The van der Waals surface area contributed by atoms with Gasteiger partial charge in [-0.15, -0.1) is 0 Å². The van der Waals surface area contributed by atoms with E-state index in [1.165, 1.54) is 19.2 Å². The lowest BCUT2D eigenvalue weighted by Crippen LogP contribution is -2.35. The van der Waals surface area contributed by atoms with Crippen LogP contribution in [0.25, 0.3) is 0 Å². The summed E-state index contributed by atoms with van der Waals surface area (Å²) in [5, 5.41) is 0. The first-order valence-corrected chi connectivity index (χ1v) is 7.19. The van der Waals surface area contributed by atoms with Crippen molar-refractivity contribution < 1.29 is 23.4 Å². The third kappa shape index (κ3) is 5.44. The Hall–Kier alpha value is -1.46. The second kappa shape index (κ2) is 9.47. The summed E-state index contributed by atoms with van der Waals surface area (Å²) < 4.78 is 30.0. The molecule has 1 aromatic rings. The number of ketones is 1. The number of alkyl halides is 1. The van der Waals surface area contributed by atoms with E-state index in [4.69, 9.17) is 14.2 Å². The number of hydrogen-bond acceptors (Lipinski definition) is 4. The van der Waals surface area contributed by atoms with Crippen LogP contribution < -0.4 is 4.74 Å². The van der Waals surface area contributed by atoms with Crippen molar-refractivity contribution in [2.24, 2.45) is 0 Å². The zero-order valence-electron chi connectivity index (χ0n) is 12.8. The van der Waals surface area contributed by atoms with Gasteiger partial charge in [0, 0.05) is 18.8 Å². The Kier molecular flexibility index (Phi) is 7.93. The molecule has 0 heterocycles. The van der Waals surface area contributed by atoms with Gasteiger partial charge in [0.15, 0.2) is 6.29 Å². The third-order valence-electron chi connectivity index (χ3n) is 2.84. The van der Waals surface area contributed by atoms with Crippen molar-refractivity contribution in [3.63, 3.8) is 0 Å². The average molecular weight is 298 g/mol. The topological polar surface area (TPSA) is 44.8 Å². The highest BCUT2D eigenvalue weighted by Crippen LogP contribution is 2.17. The summed E-state index contributed by atoms with van der Waals surface area (Å²) in [4.78, 5) is 12.1. The fourth-order valence-corrected chi connectivity index (χ4v) is 1.72. The van der Waals surface area contributed by atoms with Crippen LogP contribution in [0.5, 0.6) is 5.75 Å². The van der Waals surface area contributed by atoms with E-state index in [-0.39, 0.29) is 5.56 Å². The minimum atomic E-state index is -1.84. The molecule has 0 amide bonds. The van der Waals surface area contributed by atoms with E-state index >= 15 is 0 Å². The number of ether oxygens (including phenoxy) is 3. The van der Waals surface area contributed by atoms with Crippen molar-refractivity contribution in [3.8, 4) is 5.75 Å². The molecule has 1 aromatic carbocycles. The van der Waals surface area contributed by atoms with Crippen LogP contribution in [0.15, 0.2) is 24.3 Å². The zero-order valence-corrected chi connectivity index (χ0v) is 12.8. The molecule has 0 fully saturated rings. The number of halogens is 1. The van der Waals surface area contributed by atoms with Gasteiger partial charge in [-0.2, -0.15) is 0 Å². The molecule has 0 aliphatic heterocycles. The molecule has 21 heavy (non-hydrogen) atoms. The lowest BCUT2D eigenvalue weighted by atomic mass is 10.1. The molecule has 4 nitrogen and oxygen atoms in total. The predicted octanol–water partition coefficient (Wildman–Crippen LogP) is 3.40. The minimum Gasteiger partial charge on any atom is -0.497 e. The van der Waals surface area contributed by atoms with E-state index in [9.17, 15) is 9.18 Å². The Balaban J connectivity index is 2.74. The molecule has 1 atom stereocenters. The first-order chi connectivity index (χ1) is 10.1. The predicted molar refractivity (Wildman–Crippen MR) is 78.5 cm³/mol. The maximum absolute atomic E-state index is 14.3. The van der Waals surface area contributed by atoms with E-state index in [0.29, 0.717) is 19.0 Å². The number of carbonyl (C=O) groups is 1. The zero-order chi connectivity index (χ0) is 15.7. The summed E-state index contributed by atoms with van der Waals surface area (Å²) >= 11 is 0. The summed E-state index contributed by atoms with van der Waals surface area (Å²) in [6.45, 7) is 4.53. The van der Waals surface area contributed by atoms with Crippen molar-refractivity contribution in [3.05, 3.63) is 29.8 Å². The van der Waals surface area contributed by atoms with Crippen molar-refractivity contribution in [1.29, 1.82) is 0 Å². The fourth-order valence-electron chi connectivity index (χ4n) is 1.72. The molecule has 0 spiro atoms. The van der Waals surface area contributed by atoms with Gasteiger partial charge in [0.2, 0.25) is 12.0 Å². The molecule has 0 aromatic heterocycles. The molecule has 0 bridgehead atoms. The molecule has 0 aliphatic carbocycles. The van der Waals surface area contributed by atoms with Crippen LogP contribution in [-0.2, 0) is 9.47 Å². The van der Waals surface area contributed by atoms with Crippen LogP contribution in [0.3, 0.4) is 0 Å². The van der Waals surface area contributed by atoms with Crippen LogP contribution in [0.4, 0.5) is 4.39 Å². The summed E-state index contributed by atoms with van der Waals surface area (Å²) in [6.07, 6.45) is -1.53. The quantitative estimate of drug-likeness (QED) is 0.490. The number of benzene rings is 1. The van der Waals surface area contributed by atoms with Gasteiger partial charge in [0.25, 0.3) is 0 Å². The maximum Gasteiger partial charge on any atom is 0.213 e. The number of methoxy groups -OCH3 is 1. The molecular formula is C16H23FO4. The van der Waals surface area contributed by atoms with Crippen LogP contribution in [0.2, 0.25) is 0 Å². The highest BCUT2D eigenvalue weighted by atomic mass is 19.1. The average Bonchev–Trinajstić information content (AvgIpc) is 2.54. The second-order valence-corrected chi connectivity index (χ2v) is 4.60. The highest BCUT2D eigenvalue weighted by molar-refractivity contribution is 5.99. The van der Waals surface area contributed by atoms with Crippen LogP contribution in [0.1, 0.15) is 37.0 Å². The number of rotatable bonds is 10. The van der Waals surface area contributed by atoms with Crippen molar-refractivity contribution in [2.75, 3.05) is 20.3 Å². The van der Waals surface area contributed by atoms with E-state index in [0.717, 1.165) is 12.8 Å². The Bertz CT molecular complexity index is 411. The molecule has 1 unspecified atom stereocenters. The fraction of sp³-hybridized carbons (Fsp3) is 0.562. The van der Waals surface area contributed by atoms with Crippen molar-refractivity contribution in [1.82, 2.24) is 0 Å². The molecule has 1 rings (SSSR count). The molecule has 0 saturated heterocycles. The lowest BCUT2D eigenvalue weighted by Gasteiger charge is -2.21. The van der Waals surface area contributed by atoms with Gasteiger partial charge in [-0.05, 0) is 37.1 Å². The summed E-state index contributed by atoms with van der Waals surface area (Å²) in [7, 11) is 1.53. The number of hydrogen-bond donors (Lipinski definition) is 0. The highest BCUT2D eigenvalue weighted by Gasteiger charge is 2.30. The van der Waals surface area contributed by atoms with Gasteiger partial charge < -0.3 is 14.2 Å². The summed E-state index contributed by atoms with van der Waals surface area (Å²) in [6, 6.07) is 6.30. The first kappa shape index (κ1) is 17.6. The molecule has 0 saturated carbocycles. The molecule has 5 heteroatoms. The first-order valence-electron chi connectivity index (χ1n) is 7.19. The minimum absolute atomic E-state index is 0.272. The van der Waals surface area contributed by atoms with Crippen LogP contribution in [0, 0.1) is 0 Å². The Morgan fingerprint density at radius 3 is 2.05 bits per heavy atom. The summed E-state index contributed by atoms with van der Waals surface area (Å²) in [5.41, 5.74) is 0.272. The molecule has 0 aliphatic rings. The molecule has 0 radical (unpaired) electrons. The SMILES string of the molecule is CCCOC(OCCC)C(F)C(=O)c1ccc(OC)cc1. The smallest absolute Gasteiger partial charge is 0.213 e. The Morgan fingerprint density at radius 2 is 1.62 bits per heavy atom. The van der Waals surface area contributed by atoms with E-state index in [1.807, 2.05) is 13.8 Å². The van der Waals surface area contributed by atoms with Crippen LogP contribution in [-0.4, -0.2) is 38.6 Å². The summed E-state index contributed by atoms with van der Waals surface area (Å²) in [5.74, 6) is -0.0298. The Labute approximate surface area is 125 Å². The van der Waals surface area contributed by atoms with Crippen LogP contribution >= 0.6 is 0 Å². The van der Waals surface area contributed by atoms with Crippen molar-refractivity contribution in [2.45, 2.75) is 39.2 Å². The van der Waals surface area contributed by atoms with Gasteiger partial charge in [0.1, 0.15) is 5.75 Å². The van der Waals surface area contributed by atoms with E-state index in [2.05, 4.69) is 0 Å². The second-order valence-electron chi connectivity index (χ2n) is 4.60. The standard InChI is InChI=1S/C16H23FO4/c1-4-10-20-16(21-11-5-2)14(17)15(18)12-6-8-13(19-3)9-7-12/h6-9,14,16H,4-5,10-11H2,1-3H3. The van der Waals surface area contributed by atoms with E-state index < -0.39 is 18.2 Å². The molecule has 0 N–H and O–H groups in total. The van der Waals surface area contributed by atoms with Crippen molar-refractivity contribution >= 4 is 5.78 Å². The monoisotopic (exact) mass is 298 g/mol. The largest absolute Gasteiger partial charge is 0.497 e. The van der Waals surface area contributed by atoms with Gasteiger partial charge in [-0.3, -0.25) is 4.79 Å². The molecule has 118 valence electrons. The number of Topliss-reactive ketones (excluding diaryl/α,β-unsaturated/α-hetero) is 1. The van der Waals surface area contributed by atoms with Gasteiger partial charge in [-0.1, -0.05) is 13.8 Å². The van der Waals surface area contributed by atoms with Gasteiger partial charge in [0.05, 0.1) is 7.11 Å². The van der Waals surface area contributed by atoms with Gasteiger partial charge in [-0.25, -0.2) is 4.39 Å². The van der Waals surface area contributed by atoms with E-state index in [1.54, 1.807) is 12.1 Å². The lowest BCUT2D eigenvalue weighted by molar-refractivity contribution is -0.166. The normalized spacial score (nSPS) is 12.4. The maximum atomic E-state index is 14.3.